The molecule has 2 amide bonds. The highest BCUT2D eigenvalue weighted by atomic mass is 35.5. The lowest BCUT2D eigenvalue weighted by atomic mass is 10.1. The van der Waals surface area contributed by atoms with Crippen molar-refractivity contribution in [1.82, 2.24) is 5.43 Å². The van der Waals surface area contributed by atoms with E-state index in [-0.39, 0.29) is 22.2 Å². The highest BCUT2D eigenvalue weighted by Crippen LogP contribution is 2.39. The van der Waals surface area contributed by atoms with Gasteiger partial charge in [-0.2, -0.15) is 5.10 Å². The third kappa shape index (κ3) is 6.21. The first-order chi connectivity index (χ1) is 18.7. The maximum Gasteiger partial charge on any atom is 0.341 e. The summed E-state index contributed by atoms with van der Waals surface area (Å²) < 4.78 is 30.0. The number of amides is 2. The molecule has 4 rings (SSSR count). The van der Waals surface area contributed by atoms with E-state index in [9.17, 15) is 18.8 Å². The molecule has 2 aromatic carbocycles. The van der Waals surface area contributed by atoms with Gasteiger partial charge in [0.05, 0.1) is 30.5 Å². The summed E-state index contributed by atoms with van der Waals surface area (Å²) in [5, 5.41) is 7.04. The van der Waals surface area contributed by atoms with Crippen molar-refractivity contribution in [2.45, 2.75) is 32.8 Å². The first-order valence-electron chi connectivity index (χ1n) is 11.9. The van der Waals surface area contributed by atoms with E-state index in [0.717, 1.165) is 23.3 Å². The number of methoxy groups -OCH3 is 2. The third-order valence-electron chi connectivity index (χ3n) is 6.08. The minimum atomic E-state index is -1.01. The maximum absolute atomic E-state index is 14.0. The predicted octanol–water partition coefficient (Wildman–Crippen LogP) is 4.88. The van der Waals surface area contributed by atoms with E-state index in [0.29, 0.717) is 34.8 Å². The van der Waals surface area contributed by atoms with Gasteiger partial charge in [0.25, 0.3) is 0 Å². The molecule has 0 fully saturated rings. The molecular formula is C27H25ClFN3O6S. The molecule has 1 aliphatic rings. The summed E-state index contributed by atoms with van der Waals surface area (Å²) in [5.41, 5.74) is 4.54. The van der Waals surface area contributed by atoms with E-state index < -0.39 is 23.6 Å². The molecule has 1 heterocycles. The number of rotatable bonds is 8. The van der Waals surface area contributed by atoms with E-state index in [1.165, 1.54) is 37.7 Å². The molecule has 0 radical (unpaired) electrons. The van der Waals surface area contributed by atoms with Crippen LogP contribution >= 0.6 is 22.9 Å². The molecule has 1 aliphatic carbocycles. The molecule has 0 saturated heterocycles. The highest BCUT2D eigenvalue weighted by Gasteiger charge is 2.29. The number of esters is 1. The zero-order chi connectivity index (χ0) is 28.1. The van der Waals surface area contributed by atoms with Crippen molar-refractivity contribution < 1.29 is 33.0 Å². The number of carbonyl (C=O) groups excluding carboxylic acids is 3. The number of benzene rings is 2. The van der Waals surface area contributed by atoms with E-state index in [4.69, 9.17) is 25.8 Å². The molecule has 0 spiro atoms. The normalized spacial score (nSPS) is 12.5. The fourth-order valence-electron chi connectivity index (χ4n) is 4.05. The van der Waals surface area contributed by atoms with Gasteiger partial charge in [0.2, 0.25) is 0 Å². The van der Waals surface area contributed by atoms with Crippen molar-refractivity contribution in [2.24, 2.45) is 5.10 Å². The van der Waals surface area contributed by atoms with Crippen molar-refractivity contribution in [1.29, 1.82) is 0 Å². The number of nitrogens with zero attached hydrogens (tertiary/aromatic N) is 1. The van der Waals surface area contributed by atoms with Crippen molar-refractivity contribution in [3.8, 4) is 11.5 Å². The molecule has 204 valence electrons. The number of aryl methyl sites for hydroxylation is 1. The quantitative estimate of drug-likeness (QED) is 0.172. The van der Waals surface area contributed by atoms with Gasteiger partial charge in [-0.1, -0.05) is 17.7 Å². The summed E-state index contributed by atoms with van der Waals surface area (Å²) in [6, 6.07) is 9.28. The topological polar surface area (TPSA) is 115 Å². The van der Waals surface area contributed by atoms with Crippen LogP contribution in [-0.4, -0.2) is 37.7 Å². The van der Waals surface area contributed by atoms with Crippen molar-refractivity contribution in [3.05, 3.63) is 74.4 Å². The van der Waals surface area contributed by atoms with Gasteiger partial charge < -0.3 is 19.5 Å². The van der Waals surface area contributed by atoms with Crippen LogP contribution in [0.1, 0.15) is 45.3 Å². The maximum atomic E-state index is 14.0. The van der Waals surface area contributed by atoms with Crippen LogP contribution in [-0.2, 0) is 33.8 Å². The Morgan fingerprint density at radius 2 is 1.90 bits per heavy atom. The summed E-state index contributed by atoms with van der Waals surface area (Å²) >= 11 is 7.33. The fraction of sp³-hybridized carbons (Fsp3) is 0.259. The molecule has 0 atom stereocenters. The molecule has 1 aromatic heterocycles. The van der Waals surface area contributed by atoms with Crippen LogP contribution in [0.2, 0.25) is 5.02 Å². The lowest BCUT2D eigenvalue weighted by molar-refractivity contribution is -0.136. The van der Waals surface area contributed by atoms with Gasteiger partial charge >= 0.3 is 17.8 Å². The van der Waals surface area contributed by atoms with Gasteiger partial charge in [0, 0.05) is 16.0 Å². The Kier molecular flexibility index (Phi) is 8.82. The minimum Gasteiger partial charge on any atom is -0.493 e. The van der Waals surface area contributed by atoms with Gasteiger partial charge in [0.1, 0.15) is 17.4 Å². The summed E-state index contributed by atoms with van der Waals surface area (Å²) in [6.07, 6.45) is 2.44. The van der Waals surface area contributed by atoms with Crippen LogP contribution < -0.4 is 20.2 Å². The summed E-state index contributed by atoms with van der Waals surface area (Å²) in [4.78, 5) is 38.2. The van der Waals surface area contributed by atoms with Crippen LogP contribution in [0.3, 0.4) is 0 Å². The Morgan fingerprint density at radius 3 is 2.62 bits per heavy atom. The molecule has 12 heteroatoms. The summed E-state index contributed by atoms with van der Waals surface area (Å²) in [5.74, 6) is -2.32. The molecule has 9 nitrogen and oxygen atoms in total. The SMILES string of the molecule is COC(=O)c1c(NC(=O)C(=O)NN=C(C)c2ccc(OCc3c(F)cccc3Cl)c(OC)c2)sc2c1CCC2. The Bertz CT molecular complexity index is 1450. The first kappa shape index (κ1) is 28.1. The molecule has 3 aromatic rings. The zero-order valence-corrected chi connectivity index (χ0v) is 22.9. The second kappa shape index (κ2) is 12.3. The number of carbonyl (C=O) groups is 3. The summed E-state index contributed by atoms with van der Waals surface area (Å²) in [7, 11) is 2.72. The molecule has 0 saturated carbocycles. The zero-order valence-electron chi connectivity index (χ0n) is 21.4. The molecule has 0 bridgehead atoms. The number of hydrazone groups is 1. The average Bonchev–Trinajstić information content (AvgIpc) is 3.51. The summed E-state index contributed by atoms with van der Waals surface area (Å²) in [6.45, 7) is 1.52. The second-order valence-electron chi connectivity index (χ2n) is 8.50. The van der Waals surface area contributed by atoms with E-state index in [1.54, 1.807) is 31.2 Å². The van der Waals surface area contributed by atoms with Crippen LogP contribution in [0.15, 0.2) is 41.5 Å². The van der Waals surface area contributed by atoms with Crippen LogP contribution in [0.25, 0.3) is 0 Å². The lowest BCUT2D eigenvalue weighted by Crippen LogP contribution is -2.33. The number of hydrogen-bond acceptors (Lipinski definition) is 8. The smallest absolute Gasteiger partial charge is 0.341 e. The number of hydrogen-bond donors (Lipinski definition) is 2. The molecule has 0 aliphatic heterocycles. The van der Waals surface area contributed by atoms with Crippen molar-refractivity contribution >= 4 is 51.4 Å². The predicted molar refractivity (Wildman–Crippen MR) is 145 cm³/mol. The standard InChI is InChI=1S/C27H25ClFN3O6S/c1-14(15-10-11-20(21(12-15)36-2)38-13-17-18(28)7-5-8-19(17)29)31-32-25(34)24(33)30-26-23(27(35)37-3)16-6-4-9-22(16)39-26/h5,7-8,10-12H,4,6,9,13H2,1-3H3,(H,30,33)(H,32,34). The number of thiophene rings is 1. The van der Waals surface area contributed by atoms with Gasteiger partial charge in [0.15, 0.2) is 11.5 Å². The number of ether oxygens (including phenoxy) is 3. The number of anilines is 1. The Balaban J connectivity index is 1.41. The van der Waals surface area contributed by atoms with E-state index in [1.807, 2.05) is 0 Å². The molecular weight excluding hydrogens is 549 g/mol. The van der Waals surface area contributed by atoms with Crippen molar-refractivity contribution in [2.75, 3.05) is 19.5 Å². The lowest BCUT2D eigenvalue weighted by Gasteiger charge is -2.13. The first-order valence-corrected chi connectivity index (χ1v) is 13.1. The molecule has 0 unspecified atom stereocenters. The van der Waals surface area contributed by atoms with Crippen LogP contribution in [0.5, 0.6) is 11.5 Å². The third-order valence-corrected chi connectivity index (χ3v) is 7.65. The van der Waals surface area contributed by atoms with Gasteiger partial charge in [-0.15, -0.1) is 11.3 Å². The van der Waals surface area contributed by atoms with Gasteiger partial charge in [-0.3, -0.25) is 9.59 Å². The van der Waals surface area contributed by atoms with Gasteiger partial charge in [-0.25, -0.2) is 14.6 Å². The Morgan fingerprint density at radius 1 is 1.10 bits per heavy atom. The Labute approximate surface area is 232 Å². The number of halogens is 2. The highest BCUT2D eigenvalue weighted by molar-refractivity contribution is 7.17. The van der Waals surface area contributed by atoms with Gasteiger partial charge in [-0.05, 0) is 62.1 Å². The fourth-order valence-corrected chi connectivity index (χ4v) is 5.54. The molecule has 2 N–H and O–H groups in total. The monoisotopic (exact) mass is 573 g/mol. The number of nitrogens with one attached hydrogen (secondary N) is 2. The van der Waals surface area contributed by atoms with Crippen LogP contribution in [0.4, 0.5) is 9.39 Å². The average molecular weight is 574 g/mol. The Hall–Kier alpha value is -3.96. The number of fused-ring (bicyclic) bond motifs is 1. The largest absolute Gasteiger partial charge is 0.493 e. The van der Waals surface area contributed by atoms with Crippen molar-refractivity contribution in [3.63, 3.8) is 0 Å². The van der Waals surface area contributed by atoms with E-state index >= 15 is 0 Å². The second-order valence-corrected chi connectivity index (χ2v) is 10.0. The molecule has 39 heavy (non-hydrogen) atoms. The van der Waals surface area contributed by atoms with Crippen LogP contribution in [0, 0.1) is 5.82 Å². The minimum absolute atomic E-state index is 0.107. The van der Waals surface area contributed by atoms with E-state index in [2.05, 4.69) is 15.8 Å².